The molecular formula is C21H34N4O3S. The number of hydrogen-bond donors (Lipinski definition) is 1. The summed E-state index contributed by atoms with van der Waals surface area (Å²) in [5, 5.41) is 11.6. The summed E-state index contributed by atoms with van der Waals surface area (Å²) in [4.78, 5) is 28.5. The van der Waals surface area contributed by atoms with Crippen LogP contribution in [-0.2, 0) is 4.79 Å². The largest absolute Gasteiger partial charge is 0.408 e. The SMILES string of the molecule is CN(C)CCSc1nnc(C(=O)C2(NC(=O)C3CCCCCC3)CCCCC2)o1. The maximum Gasteiger partial charge on any atom is 0.287 e. The summed E-state index contributed by atoms with van der Waals surface area (Å²) < 4.78 is 5.67. The van der Waals surface area contributed by atoms with Crippen LogP contribution < -0.4 is 5.32 Å². The summed E-state index contributed by atoms with van der Waals surface area (Å²) in [6.45, 7) is 0.887. The van der Waals surface area contributed by atoms with Crippen LogP contribution in [0.3, 0.4) is 0 Å². The molecule has 0 atom stereocenters. The first-order valence-electron chi connectivity index (χ1n) is 11.0. The van der Waals surface area contributed by atoms with Crippen molar-refractivity contribution in [1.29, 1.82) is 0 Å². The molecule has 7 nitrogen and oxygen atoms in total. The molecule has 2 saturated carbocycles. The van der Waals surface area contributed by atoms with Gasteiger partial charge in [0.2, 0.25) is 11.7 Å². The lowest BCUT2D eigenvalue weighted by atomic mass is 9.77. The summed E-state index contributed by atoms with van der Waals surface area (Å²) in [5.74, 6) is 0.671. The standard InChI is InChI=1S/C21H34N4O3S/c1-25(2)14-15-29-20-24-23-19(28-20)17(26)21(12-8-5-9-13-21)22-18(27)16-10-6-3-4-7-11-16/h16H,3-15H2,1-2H3,(H,22,27). The Morgan fingerprint density at radius 1 is 1.07 bits per heavy atom. The first kappa shape index (κ1) is 22.3. The van der Waals surface area contributed by atoms with Crippen molar-refractivity contribution in [2.45, 2.75) is 81.4 Å². The van der Waals surface area contributed by atoms with Crippen molar-refractivity contribution in [3.63, 3.8) is 0 Å². The minimum absolute atomic E-state index is 0.0175. The van der Waals surface area contributed by atoms with E-state index < -0.39 is 5.54 Å². The van der Waals surface area contributed by atoms with E-state index in [0.29, 0.717) is 18.1 Å². The zero-order valence-electron chi connectivity index (χ0n) is 17.7. The summed E-state index contributed by atoms with van der Waals surface area (Å²) in [6.07, 6.45) is 10.7. The van der Waals surface area contributed by atoms with E-state index in [4.69, 9.17) is 4.42 Å². The average Bonchev–Trinajstić information content (AvgIpc) is 3.00. The highest BCUT2D eigenvalue weighted by molar-refractivity contribution is 7.99. The van der Waals surface area contributed by atoms with Crippen molar-refractivity contribution < 1.29 is 14.0 Å². The average molecular weight is 423 g/mol. The predicted octanol–water partition coefficient (Wildman–Crippen LogP) is 3.70. The van der Waals surface area contributed by atoms with Gasteiger partial charge in [0, 0.05) is 18.2 Å². The highest BCUT2D eigenvalue weighted by Gasteiger charge is 2.44. The van der Waals surface area contributed by atoms with E-state index in [0.717, 1.165) is 57.2 Å². The molecule has 0 aromatic carbocycles. The summed E-state index contributed by atoms with van der Waals surface area (Å²) in [7, 11) is 4.01. The van der Waals surface area contributed by atoms with Crippen LogP contribution in [0.5, 0.6) is 0 Å². The van der Waals surface area contributed by atoms with Crippen molar-refractivity contribution in [1.82, 2.24) is 20.4 Å². The van der Waals surface area contributed by atoms with Gasteiger partial charge in [-0.3, -0.25) is 9.59 Å². The number of hydrogen-bond acceptors (Lipinski definition) is 7. The number of nitrogens with one attached hydrogen (secondary N) is 1. The molecule has 1 aromatic heterocycles. The number of Topliss-reactive ketones (excluding diaryl/α,β-unsaturated/α-hetero) is 1. The van der Waals surface area contributed by atoms with Gasteiger partial charge in [0.05, 0.1) is 0 Å². The van der Waals surface area contributed by atoms with Crippen molar-refractivity contribution in [2.24, 2.45) is 5.92 Å². The maximum absolute atomic E-state index is 13.4. The van der Waals surface area contributed by atoms with Gasteiger partial charge in [-0.15, -0.1) is 10.2 Å². The van der Waals surface area contributed by atoms with Crippen LogP contribution in [0.1, 0.15) is 81.3 Å². The molecule has 29 heavy (non-hydrogen) atoms. The van der Waals surface area contributed by atoms with Crippen LogP contribution in [0.2, 0.25) is 0 Å². The lowest BCUT2D eigenvalue weighted by Crippen LogP contribution is -2.57. The van der Waals surface area contributed by atoms with E-state index in [2.05, 4.69) is 20.4 Å². The fraction of sp³-hybridized carbons (Fsp3) is 0.810. The van der Waals surface area contributed by atoms with E-state index in [-0.39, 0.29) is 23.5 Å². The Morgan fingerprint density at radius 2 is 1.72 bits per heavy atom. The first-order chi connectivity index (χ1) is 14.0. The third-order valence-electron chi connectivity index (χ3n) is 6.09. The topological polar surface area (TPSA) is 88.3 Å². The fourth-order valence-corrected chi connectivity index (χ4v) is 5.19. The van der Waals surface area contributed by atoms with Crippen LogP contribution in [0.15, 0.2) is 9.64 Å². The molecule has 0 radical (unpaired) electrons. The molecule has 2 aliphatic carbocycles. The van der Waals surface area contributed by atoms with Crippen molar-refractivity contribution in [3.8, 4) is 0 Å². The molecule has 0 unspecified atom stereocenters. The van der Waals surface area contributed by atoms with E-state index >= 15 is 0 Å². The molecule has 1 amide bonds. The number of rotatable bonds is 8. The molecule has 0 aliphatic heterocycles. The van der Waals surface area contributed by atoms with Crippen molar-refractivity contribution in [2.75, 3.05) is 26.4 Å². The molecule has 1 N–H and O–H groups in total. The van der Waals surface area contributed by atoms with Crippen LogP contribution >= 0.6 is 11.8 Å². The van der Waals surface area contributed by atoms with Gasteiger partial charge in [0.15, 0.2) is 0 Å². The van der Waals surface area contributed by atoms with Gasteiger partial charge in [0.25, 0.3) is 11.1 Å². The highest BCUT2D eigenvalue weighted by Crippen LogP contribution is 2.33. The predicted molar refractivity (Wildman–Crippen MR) is 113 cm³/mol. The number of aromatic nitrogens is 2. The second kappa shape index (κ2) is 10.6. The van der Waals surface area contributed by atoms with E-state index in [1.54, 1.807) is 0 Å². The number of thioether (sulfide) groups is 1. The zero-order valence-corrected chi connectivity index (χ0v) is 18.6. The Bertz CT molecular complexity index is 677. The molecule has 8 heteroatoms. The maximum atomic E-state index is 13.4. The molecule has 2 aliphatic rings. The minimum Gasteiger partial charge on any atom is -0.408 e. The molecular weight excluding hydrogens is 388 g/mol. The molecule has 0 saturated heterocycles. The molecule has 3 rings (SSSR count). The third kappa shape index (κ3) is 6.04. The Morgan fingerprint density at radius 3 is 2.38 bits per heavy atom. The molecule has 2 fully saturated rings. The van der Waals surface area contributed by atoms with Crippen molar-refractivity contribution >= 4 is 23.5 Å². The third-order valence-corrected chi connectivity index (χ3v) is 6.89. The molecule has 1 aromatic rings. The molecule has 0 bridgehead atoms. The lowest BCUT2D eigenvalue weighted by molar-refractivity contribution is -0.127. The smallest absolute Gasteiger partial charge is 0.287 e. The van der Waals surface area contributed by atoms with Crippen LogP contribution in [-0.4, -0.2) is 58.7 Å². The summed E-state index contributed by atoms with van der Waals surface area (Å²) >= 11 is 1.45. The lowest BCUT2D eigenvalue weighted by Gasteiger charge is -2.36. The quantitative estimate of drug-likeness (QED) is 0.388. The first-order valence-corrected chi connectivity index (χ1v) is 12.0. The minimum atomic E-state index is -0.889. The summed E-state index contributed by atoms with van der Waals surface area (Å²) in [5.41, 5.74) is -0.889. The van der Waals surface area contributed by atoms with Gasteiger partial charge in [0.1, 0.15) is 5.54 Å². The van der Waals surface area contributed by atoms with Gasteiger partial charge < -0.3 is 14.6 Å². The number of carbonyl (C=O) groups is 2. The monoisotopic (exact) mass is 422 g/mol. The van der Waals surface area contributed by atoms with Gasteiger partial charge in [-0.25, -0.2) is 0 Å². The number of ketones is 1. The van der Waals surface area contributed by atoms with Crippen LogP contribution in [0.25, 0.3) is 0 Å². The van der Waals surface area contributed by atoms with E-state index in [1.807, 2.05) is 14.1 Å². The Hall–Kier alpha value is -1.41. The van der Waals surface area contributed by atoms with Gasteiger partial charge in [-0.1, -0.05) is 56.7 Å². The normalized spacial score (nSPS) is 20.4. The van der Waals surface area contributed by atoms with Crippen LogP contribution in [0, 0.1) is 5.92 Å². The molecule has 0 spiro atoms. The number of nitrogens with zero attached hydrogens (tertiary/aromatic N) is 3. The van der Waals surface area contributed by atoms with E-state index in [1.165, 1.54) is 24.6 Å². The second-order valence-corrected chi connectivity index (χ2v) is 9.72. The Labute approximate surface area is 177 Å². The fourth-order valence-electron chi connectivity index (χ4n) is 4.32. The van der Waals surface area contributed by atoms with E-state index in [9.17, 15) is 9.59 Å². The summed E-state index contributed by atoms with van der Waals surface area (Å²) in [6, 6.07) is 0. The van der Waals surface area contributed by atoms with Gasteiger partial charge >= 0.3 is 0 Å². The van der Waals surface area contributed by atoms with Gasteiger partial charge in [-0.2, -0.15) is 0 Å². The van der Waals surface area contributed by atoms with Crippen LogP contribution in [0.4, 0.5) is 0 Å². The number of amides is 1. The Balaban J connectivity index is 1.69. The molecule has 1 heterocycles. The highest BCUT2D eigenvalue weighted by atomic mass is 32.2. The second-order valence-electron chi connectivity index (χ2n) is 8.67. The Kier molecular flexibility index (Phi) is 8.12. The zero-order chi connectivity index (χ0) is 20.7. The molecule has 162 valence electrons. The van der Waals surface area contributed by atoms with Crippen molar-refractivity contribution in [3.05, 3.63) is 5.89 Å². The van der Waals surface area contributed by atoms with Gasteiger partial charge in [-0.05, 0) is 39.8 Å². The number of carbonyl (C=O) groups excluding carboxylic acids is 2.